The first-order valence-corrected chi connectivity index (χ1v) is 17.8. The molecule has 3 aliphatic rings. The number of methoxy groups -OCH3 is 1. The topological polar surface area (TPSA) is 160 Å². The molecule has 5 amide bonds. The van der Waals surface area contributed by atoms with Crippen molar-refractivity contribution in [1.29, 1.82) is 0 Å². The van der Waals surface area contributed by atoms with Crippen LogP contribution in [0.3, 0.4) is 0 Å². The minimum Gasteiger partial charge on any atom is -0.497 e. The van der Waals surface area contributed by atoms with Crippen LogP contribution < -0.4 is 26.4 Å². The average Bonchev–Trinajstić information content (AvgIpc) is 3.75. The molecule has 1 aromatic rings. The number of hydrogen-bond donors (Lipinski definition) is 4. The second kappa shape index (κ2) is 15.3. The molecule has 2 aliphatic carbocycles. The molecule has 0 aromatic heterocycles. The molecular weight excluding hydrogens is 622 g/mol. The van der Waals surface area contributed by atoms with Gasteiger partial charge in [0.15, 0.2) is 0 Å². The molecule has 49 heavy (non-hydrogen) atoms. The SMILES string of the molecule is C=CC(C)(C)[C@@H]1C[C@@H](C(=O)NC(CC2CC2)C(=O)C(N)=O)N(C(=O)[C@@H](NC(=O)NC2(Cc3cccc(OC)c3)CCCCC2)C(C)(C)C)C1. The summed E-state index contributed by atoms with van der Waals surface area (Å²) in [5.41, 5.74) is 4.80. The van der Waals surface area contributed by atoms with Gasteiger partial charge in [0.05, 0.1) is 13.2 Å². The van der Waals surface area contributed by atoms with Crippen LogP contribution >= 0.6 is 0 Å². The molecule has 1 aromatic carbocycles. The Morgan fingerprint density at radius 1 is 1.06 bits per heavy atom. The van der Waals surface area contributed by atoms with Crippen molar-refractivity contribution in [3.05, 3.63) is 42.5 Å². The molecule has 4 atom stereocenters. The predicted molar refractivity (Wildman–Crippen MR) is 188 cm³/mol. The molecule has 5 N–H and O–H groups in total. The first-order chi connectivity index (χ1) is 23.0. The molecule has 270 valence electrons. The third-order valence-electron chi connectivity index (χ3n) is 10.9. The first-order valence-electron chi connectivity index (χ1n) is 17.8. The molecule has 11 heteroatoms. The maximum Gasteiger partial charge on any atom is 0.315 e. The number of nitrogens with two attached hydrogens (primary N) is 1. The van der Waals surface area contributed by atoms with Crippen molar-refractivity contribution in [2.75, 3.05) is 13.7 Å². The lowest BCUT2D eigenvalue weighted by atomic mass is 9.77. The Kier molecular flexibility index (Phi) is 11.9. The van der Waals surface area contributed by atoms with Crippen molar-refractivity contribution in [2.24, 2.45) is 28.4 Å². The smallest absolute Gasteiger partial charge is 0.315 e. The average molecular weight is 680 g/mol. The molecule has 3 fully saturated rings. The van der Waals surface area contributed by atoms with E-state index in [4.69, 9.17) is 10.5 Å². The normalized spacial score (nSPS) is 22.0. The van der Waals surface area contributed by atoms with E-state index in [9.17, 15) is 24.0 Å². The molecule has 2 saturated carbocycles. The molecule has 1 aliphatic heterocycles. The number of primary amides is 1. The number of Topliss-reactive ketones (excluding diaryl/α,β-unsaturated/α-hetero) is 1. The van der Waals surface area contributed by atoms with E-state index in [1.807, 2.05) is 65.0 Å². The van der Waals surface area contributed by atoms with E-state index >= 15 is 0 Å². The summed E-state index contributed by atoms with van der Waals surface area (Å²) in [6, 6.07) is 4.52. The van der Waals surface area contributed by atoms with E-state index in [0.29, 0.717) is 19.3 Å². The highest BCUT2D eigenvalue weighted by atomic mass is 16.5. The van der Waals surface area contributed by atoms with Crippen molar-refractivity contribution in [3.8, 4) is 5.75 Å². The predicted octanol–water partition coefficient (Wildman–Crippen LogP) is 4.42. The Hall–Kier alpha value is -3.89. The van der Waals surface area contributed by atoms with Crippen LogP contribution in [-0.2, 0) is 25.6 Å². The van der Waals surface area contributed by atoms with Crippen LogP contribution in [0.2, 0.25) is 0 Å². The summed E-state index contributed by atoms with van der Waals surface area (Å²) < 4.78 is 5.43. The monoisotopic (exact) mass is 679 g/mol. The van der Waals surface area contributed by atoms with Gasteiger partial charge < -0.3 is 31.3 Å². The number of urea groups is 1. The fourth-order valence-electron chi connectivity index (χ4n) is 7.36. The lowest BCUT2D eigenvalue weighted by Gasteiger charge is -2.40. The zero-order valence-electron chi connectivity index (χ0n) is 30.2. The van der Waals surface area contributed by atoms with Crippen LogP contribution in [0.1, 0.15) is 98.0 Å². The minimum absolute atomic E-state index is 0.110. The first kappa shape index (κ1) is 37.9. The van der Waals surface area contributed by atoms with Gasteiger partial charge in [-0.2, -0.15) is 0 Å². The van der Waals surface area contributed by atoms with Crippen LogP contribution in [0.25, 0.3) is 0 Å². The number of carbonyl (C=O) groups is 5. The van der Waals surface area contributed by atoms with Gasteiger partial charge in [-0.25, -0.2) is 4.79 Å². The molecule has 0 radical (unpaired) electrons. The molecule has 0 bridgehead atoms. The van der Waals surface area contributed by atoms with Crippen LogP contribution in [0.4, 0.5) is 4.79 Å². The van der Waals surface area contributed by atoms with Gasteiger partial charge in [-0.05, 0) is 72.5 Å². The van der Waals surface area contributed by atoms with Crippen LogP contribution in [0.15, 0.2) is 36.9 Å². The number of amides is 5. The highest BCUT2D eigenvalue weighted by molar-refractivity contribution is 6.37. The van der Waals surface area contributed by atoms with E-state index in [2.05, 4.69) is 22.5 Å². The number of carbonyl (C=O) groups excluding carboxylic acids is 5. The maximum absolute atomic E-state index is 14.6. The highest BCUT2D eigenvalue weighted by Gasteiger charge is 2.49. The number of benzene rings is 1. The van der Waals surface area contributed by atoms with Crippen molar-refractivity contribution in [2.45, 2.75) is 122 Å². The summed E-state index contributed by atoms with van der Waals surface area (Å²) in [7, 11) is 1.63. The van der Waals surface area contributed by atoms with Crippen LogP contribution in [0, 0.1) is 22.7 Å². The largest absolute Gasteiger partial charge is 0.497 e. The Labute approximate surface area is 291 Å². The van der Waals surface area contributed by atoms with E-state index in [1.54, 1.807) is 7.11 Å². The van der Waals surface area contributed by atoms with Crippen LogP contribution in [-0.4, -0.2) is 71.8 Å². The van der Waals surface area contributed by atoms with Gasteiger partial charge >= 0.3 is 6.03 Å². The number of allylic oxidation sites excluding steroid dienone is 1. The molecule has 1 saturated heterocycles. The van der Waals surface area contributed by atoms with E-state index in [-0.39, 0.29) is 24.3 Å². The number of ether oxygens (including phenoxy) is 1. The number of likely N-dealkylation sites (tertiary alicyclic amines) is 1. The van der Waals surface area contributed by atoms with Gasteiger partial charge in [0.2, 0.25) is 17.6 Å². The van der Waals surface area contributed by atoms with Gasteiger partial charge in [-0.1, -0.05) is 84.9 Å². The molecule has 1 heterocycles. The van der Waals surface area contributed by atoms with Gasteiger partial charge in [0.1, 0.15) is 17.8 Å². The minimum atomic E-state index is -1.10. The van der Waals surface area contributed by atoms with Crippen LogP contribution in [0.5, 0.6) is 5.75 Å². The summed E-state index contributed by atoms with van der Waals surface area (Å²) >= 11 is 0. The molecule has 1 unspecified atom stereocenters. The summed E-state index contributed by atoms with van der Waals surface area (Å²) in [5.74, 6) is -1.93. The van der Waals surface area contributed by atoms with E-state index < -0.39 is 58.1 Å². The van der Waals surface area contributed by atoms with Gasteiger partial charge in [0, 0.05) is 12.1 Å². The zero-order chi connectivity index (χ0) is 36.1. The summed E-state index contributed by atoms with van der Waals surface area (Å²) in [6.07, 6.45) is 9.65. The number of ketones is 1. The summed E-state index contributed by atoms with van der Waals surface area (Å²) in [4.78, 5) is 68.5. The highest BCUT2D eigenvalue weighted by Crippen LogP contribution is 2.40. The lowest BCUT2D eigenvalue weighted by molar-refractivity contribution is -0.143. The Bertz CT molecular complexity index is 1410. The Balaban J connectivity index is 1.57. The molecule has 11 nitrogen and oxygen atoms in total. The molecule has 0 spiro atoms. The van der Waals surface area contributed by atoms with Crippen molar-refractivity contribution >= 4 is 29.5 Å². The Morgan fingerprint density at radius 3 is 2.31 bits per heavy atom. The van der Waals surface area contributed by atoms with Crippen molar-refractivity contribution < 1.29 is 28.7 Å². The molecular formula is C38H57N5O6. The summed E-state index contributed by atoms with van der Waals surface area (Å²) in [6.45, 7) is 13.9. The quantitative estimate of drug-likeness (QED) is 0.168. The maximum atomic E-state index is 14.6. The van der Waals surface area contributed by atoms with Crippen molar-refractivity contribution in [3.63, 3.8) is 0 Å². The number of hydrogen-bond acceptors (Lipinski definition) is 6. The van der Waals surface area contributed by atoms with Gasteiger partial charge in [-0.15, -0.1) is 6.58 Å². The molecule has 4 rings (SSSR count). The van der Waals surface area contributed by atoms with Gasteiger partial charge in [-0.3, -0.25) is 19.2 Å². The van der Waals surface area contributed by atoms with E-state index in [0.717, 1.165) is 56.3 Å². The fourth-order valence-corrected chi connectivity index (χ4v) is 7.36. The van der Waals surface area contributed by atoms with Crippen molar-refractivity contribution in [1.82, 2.24) is 20.9 Å². The zero-order valence-corrected chi connectivity index (χ0v) is 30.2. The number of nitrogens with one attached hydrogen (secondary N) is 3. The number of rotatable bonds is 14. The third kappa shape index (κ3) is 9.63. The second-order valence-electron chi connectivity index (χ2n) is 16.2. The standard InChI is InChI=1S/C38H57N5O6/c1-8-37(5,6)26-21-29(33(46)40-28(20-24-15-16-24)30(44)32(39)45)43(23-26)34(47)31(36(2,3)4)41-35(48)42-38(17-10-9-11-18-38)22-25-13-12-14-27(19-25)49-7/h8,12-14,19,24,26,28-29,31H,1,9-11,15-18,20-23H2,2-7H3,(H2,39,45)(H,40,46)(H2,41,42,48)/t26-,28?,29+,31-/m1/s1. The Morgan fingerprint density at radius 2 is 1.73 bits per heavy atom. The van der Waals surface area contributed by atoms with Gasteiger partial charge in [0.25, 0.3) is 5.91 Å². The summed E-state index contributed by atoms with van der Waals surface area (Å²) in [5, 5.41) is 9.07. The number of nitrogens with zero attached hydrogens (tertiary/aromatic N) is 1. The van der Waals surface area contributed by atoms with E-state index in [1.165, 1.54) is 4.90 Å². The fraction of sp³-hybridized carbons (Fsp3) is 0.658. The second-order valence-corrected chi connectivity index (χ2v) is 16.2. The lowest BCUT2D eigenvalue weighted by Crippen LogP contribution is -2.62. The third-order valence-corrected chi connectivity index (χ3v) is 10.9.